The number of rotatable bonds is 2. The smallest absolute Gasteiger partial charge is 0.416 e. The molecule has 0 spiro atoms. The number of carbonyl (C=O) groups excluding carboxylic acids is 1. The first-order valence-electron chi connectivity index (χ1n) is 8.36. The molecule has 0 saturated heterocycles. The molecule has 22 heavy (non-hydrogen) atoms. The monoisotopic (exact) mass is 319 g/mol. The first-order chi connectivity index (χ1) is 11.4. The number of halogens is 3. The van der Waals surface area contributed by atoms with E-state index in [-0.39, 0.29) is 30.7 Å². The third kappa shape index (κ3) is 3.04. The molecular weight excluding hydrogens is 297 g/mol. The Morgan fingerprint density at radius 3 is 2.86 bits per heavy atom. The van der Waals surface area contributed by atoms with Crippen LogP contribution in [0.2, 0.25) is 0 Å². The number of alkyl halides is 3. The van der Waals surface area contributed by atoms with Crippen LogP contribution in [0.1, 0.15) is 47.9 Å². The number of nitrogens with zero attached hydrogens (tertiary/aromatic N) is 1. The third-order valence-corrected chi connectivity index (χ3v) is 3.61. The summed E-state index contributed by atoms with van der Waals surface area (Å²) in [5.74, 6) is 0. The highest BCUT2D eigenvalue weighted by molar-refractivity contribution is 5.90. The summed E-state index contributed by atoms with van der Waals surface area (Å²) in [4.78, 5) is 13.4. The number of hydrogen-bond donors (Lipinski definition) is 1. The first-order valence-corrected chi connectivity index (χ1v) is 6.86. The summed E-state index contributed by atoms with van der Waals surface area (Å²) in [6.07, 6.45) is -5.64. The van der Waals surface area contributed by atoms with Crippen LogP contribution in [0.15, 0.2) is 18.2 Å². The third-order valence-electron chi connectivity index (χ3n) is 3.61. The van der Waals surface area contributed by atoms with Gasteiger partial charge in [0.1, 0.15) is 0 Å². The van der Waals surface area contributed by atoms with Crippen molar-refractivity contribution in [3.05, 3.63) is 29.3 Å². The molecule has 1 aromatic carbocycles. The number of hydrogen-bond acceptors (Lipinski definition) is 3. The molecule has 7 heteroatoms. The summed E-state index contributed by atoms with van der Waals surface area (Å²) in [6.45, 7) is -0.684. The second-order valence-electron chi connectivity index (χ2n) is 5.04. The lowest BCUT2D eigenvalue weighted by Gasteiger charge is -2.39. The fourth-order valence-electron chi connectivity index (χ4n) is 2.58. The van der Waals surface area contributed by atoms with Gasteiger partial charge in [0.2, 0.25) is 0 Å². The van der Waals surface area contributed by atoms with Crippen LogP contribution in [-0.4, -0.2) is 18.7 Å². The lowest BCUT2D eigenvalue weighted by Crippen LogP contribution is -2.46. The van der Waals surface area contributed by atoms with Crippen molar-refractivity contribution in [2.75, 3.05) is 11.5 Å². The molecule has 1 amide bonds. The Bertz CT molecular complexity index is 650. The average Bonchev–Trinajstić information content (AvgIpc) is 2.44. The molecule has 1 aliphatic rings. The molecule has 0 fully saturated rings. The Morgan fingerprint density at radius 1 is 1.55 bits per heavy atom. The van der Waals surface area contributed by atoms with E-state index in [4.69, 9.17) is 14.6 Å². The lowest BCUT2D eigenvalue weighted by molar-refractivity contribution is -0.137. The summed E-state index contributed by atoms with van der Waals surface area (Å²) < 4.78 is 66.1. The standard InChI is InChI=1S/C15H19F3N2O2/c1-3-10-8-12(19)11-7-9(15(16,17)18)5-6-13(11)20(10)14(21)22-4-2/h5-7,10,12H,3-4,8,19H2,1-2H3/t10-,12-/m0/s1/i1D3. The van der Waals surface area contributed by atoms with Crippen LogP contribution < -0.4 is 10.6 Å². The zero-order valence-electron chi connectivity index (χ0n) is 15.0. The van der Waals surface area contributed by atoms with Crippen LogP contribution in [0, 0.1) is 0 Å². The fourth-order valence-corrected chi connectivity index (χ4v) is 2.58. The summed E-state index contributed by atoms with van der Waals surface area (Å²) >= 11 is 0. The zero-order valence-corrected chi connectivity index (χ0v) is 12.0. The van der Waals surface area contributed by atoms with E-state index in [0.717, 1.165) is 23.1 Å². The Hall–Kier alpha value is -1.76. The largest absolute Gasteiger partial charge is 0.449 e. The molecule has 0 aliphatic carbocycles. The minimum absolute atomic E-state index is 0.0332. The van der Waals surface area contributed by atoms with Gasteiger partial charge in [0.15, 0.2) is 0 Å². The maximum absolute atomic E-state index is 12.9. The van der Waals surface area contributed by atoms with Crippen molar-refractivity contribution in [3.8, 4) is 0 Å². The lowest BCUT2D eigenvalue weighted by atomic mass is 9.89. The zero-order chi connectivity index (χ0) is 19.0. The van der Waals surface area contributed by atoms with E-state index in [1.54, 1.807) is 6.92 Å². The maximum atomic E-state index is 12.9. The van der Waals surface area contributed by atoms with E-state index >= 15 is 0 Å². The Kier molecular flexibility index (Phi) is 3.57. The molecule has 1 aliphatic heterocycles. The van der Waals surface area contributed by atoms with E-state index in [2.05, 4.69) is 0 Å². The van der Waals surface area contributed by atoms with Gasteiger partial charge < -0.3 is 10.5 Å². The topological polar surface area (TPSA) is 55.6 Å². The molecule has 0 unspecified atom stereocenters. The van der Waals surface area contributed by atoms with E-state index in [1.807, 2.05) is 0 Å². The Balaban J connectivity index is 2.50. The number of ether oxygens (including phenoxy) is 1. The van der Waals surface area contributed by atoms with Gasteiger partial charge in [0.25, 0.3) is 0 Å². The van der Waals surface area contributed by atoms with Crippen LogP contribution in [-0.2, 0) is 10.9 Å². The van der Waals surface area contributed by atoms with Gasteiger partial charge in [-0.3, -0.25) is 4.90 Å². The number of anilines is 1. The van der Waals surface area contributed by atoms with Crippen LogP contribution in [0.4, 0.5) is 23.7 Å². The Morgan fingerprint density at radius 2 is 2.27 bits per heavy atom. The molecule has 0 saturated carbocycles. The molecule has 4 nitrogen and oxygen atoms in total. The van der Waals surface area contributed by atoms with Gasteiger partial charge in [0, 0.05) is 16.2 Å². The van der Waals surface area contributed by atoms with Crippen LogP contribution >= 0.6 is 0 Å². The SMILES string of the molecule is [2H]C([2H])([2H])C[C@H]1C[C@H](N)c2cc(C(F)(F)F)ccc2N1C(=O)OCC. The van der Waals surface area contributed by atoms with Crippen molar-refractivity contribution in [2.24, 2.45) is 5.73 Å². The highest BCUT2D eigenvalue weighted by atomic mass is 19.4. The number of fused-ring (bicyclic) bond motifs is 1. The minimum atomic E-state index is -4.54. The molecule has 2 N–H and O–H groups in total. The summed E-state index contributed by atoms with van der Waals surface area (Å²) in [7, 11) is 0. The molecule has 1 aromatic rings. The van der Waals surface area contributed by atoms with Gasteiger partial charge in [-0.05, 0) is 43.5 Å². The highest BCUT2D eigenvalue weighted by Crippen LogP contribution is 2.40. The molecular formula is C15H19F3N2O2. The predicted molar refractivity (Wildman–Crippen MR) is 76.6 cm³/mol. The van der Waals surface area contributed by atoms with Gasteiger partial charge in [-0.15, -0.1) is 0 Å². The van der Waals surface area contributed by atoms with Gasteiger partial charge in [0.05, 0.1) is 17.9 Å². The molecule has 1 heterocycles. The number of carbonyl (C=O) groups is 1. The van der Waals surface area contributed by atoms with Crippen LogP contribution in [0.25, 0.3) is 0 Å². The van der Waals surface area contributed by atoms with E-state index in [1.165, 1.54) is 0 Å². The molecule has 2 atom stereocenters. The molecule has 122 valence electrons. The molecule has 0 aromatic heterocycles. The maximum Gasteiger partial charge on any atom is 0.416 e. The minimum Gasteiger partial charge on any atom is -0.449 e. The predicted octanol–water partition coefficient (Wildman–Crippen LogP) is 3.85. The summed E-state index contributed by atoms with van der Waals surface area (Å²) in [5, 5.41) is 0. The van der Waals surface area contributed by atoms with Crippen molar-refractivity contribution in [2.45, 2.75) is 44.9 Å². The van der Waals surface area contributed by atoms with E-state index in [0.29, 0.717) is 0 Å². The van der Waals surface area contributed by atoms with Crippen LogP contribution in [0.5, 0.6) is 0 Å². The van der Waals surface area contributed by atoms with Crippen molar-refractivity contribution in [3.63, 3.8) is 0 Å². The Labute approximate surface area is 131 Å². The second kappa shape index (κ2) is 6.16. The van der Waals surface area contributed by atoms with Crippen molar-refractivity contribution in [1.29, 1.82) is 0 Å². The van der Waals surface area contributed by atoms with Gasteiger partial charge in [-0.1, -0.05) is 6.85 Å². The van der Waals surface area contributed by atoms with Gasteiger partial charge >= 0.3 is 12.3 Å². The fraction of sp³-hybridized carbons (Fsp3) is 0.533. The highest BCUT2D eigenvalue weighted by Gasteiger charge is 2.37. The van der Waals surface area contributed by atoms with Crippen molar-refractivity contribution >= 4 is 11.8 Å². The molecule has 0 radical (unpaired) electrons. The van der Waals surface area contributed by atoms with Gasteiger partial charge in [-0.2, -0.15) is 13.2 Å². The van der Waals surface area contributed by atoms with Crippen molar-refractivity contribution in [1.82, 2.24) is 0 Å². The summed E-state index contributed by atoms with van der Waals surface area (Å²) in [5.41, 5.74) is 5.39. The number of nitrogens with two attached hydrogens (primary N) is 1. The normalized spacial score (nSPS) is 24.0. The van der Waals surface area contributed by atoms with Crippen LogP contribution in [0.3, 0.4) is 0 Å². The number of amides is 1. The summed E-state index contributed by atoms with van der Waals surface area (Å²) in [6, 6.07) is 1.29. The average molecular weight is 319 g/mol. The first kappa shape index (κ1) is 12.8. The number of benzene rings is 1. The molecule has 2 rings (SSSR count). The van der Waals surface area contributed by atoms with Gasteiger partial charge in [-0.25, -0.2) is 4.79 Å². The van der Waals surface area contributed by atoms with E-state index in [9.17, 15) is 18.0 Å². The van der Waals surface area contributed by atoms with Crippen molar-refractivity contribution < 1.29 is 26.8 Å². The molecule has 0 bridgehead atoms. The van der Waals surface area contributed by atoms with E-state index < -0.39 is 36.8 Å². The second-order valence-corrected chi connectivity index (χ2v) is 5.04. The quantitative estimate of drug-likeness (QED) is 0.901.